The van der Waals surface area contributed by atoms with Crippen molar-refractivity contribution >= 4 is 10.8 Å². The normalized spacial score (nSPS) is 13.4. The van der Waals surface area contributed by atoms with Crippen molar-refractivity contribution in [1.82, 2.24) is 0 Å². The van der Waals surface area contributed by atoms with E-state index in [-0.39, 0.29) is 0 Å². The molecule has 0 spiro atoms. The van der Waals surface area contributed by atoms with Crippen LogP contribution in [0.4, 0.5) is 0 Å². The van der Waals surface area contributed by atoms with Crippen molar-refractivity contribution in [1.29, 1.82) is 0 Å². The first kappa shape index (κ1) is 24.6. The van der Waals surface area contributed by atoms with Gasteiger partial charge in [0.15, 0.2) is 0 Å². The summed E-state index contributed by atoms with van der Waals surface area (Å²) in [6.07, 6.45) is 9.91. The van der Waals surface area contributed by atoms with E-state index in [1.807, 2.05) is 0 Å². The molecular weight excluding hydrogens is 368 g/mol. The number of unbranched alkanes of at least 4 members (excludes halogenated alkanes) is 2. The van der Waals surface area contributed by atoms with E-state index >= 15 is 0 Å². The van der Waals surface area contributed by atoms with Gasteiger partial charge in [-0.3, -0.25) is 0 Å². The second-order valence-corrected chi connectivity index (χ2v) is 8.91. The van der Waals surface area contributed by atoms with Crippen LogP contribution in [0.25, 0.3) is 10.8 Å². The second kappa shape index (κ2) is 12.9. The maximum absolute atomic E-state index is 6.48. The Kier molecular flexibility index (Phi) is 10.5. The Morgan fingerprint density at radius 1 is 0.667 bits per heavy atom. The fourth-order valence-electron chi connectivity index (χ4n) is 4.19. The van der Waals surface area contributed by atoms with E-state index < -0.39 is 0 Å². The van der Waals surface area contributed by atoms with Crippen LogP contribution >= 0.6 is 0 Å². The molecule has 2 heteroatoms. The zero-order chi connectivity index (χ0) is 21.9. The summed E-state index contributed by atoms with van der Waals surface area (Å²) >= 11 is 0. The minimum absolute atomic E-state index is 0.628. The first-order valence-electron chi connectivity index (χ1n) is 12.3. The van der Waals surface area contributed by atoms with Crippen LogP contribution in [-0.4, -0.2) is 13.2 Å². The number of rotatable bonds is 14. The molecule has 30 heavy (non-hydrogen) atoms. The van der Waals surface area contributed by atoms with Crippen LogP contribution < -0.4 is 9.47 Å². The lowest BCUT2D eigenvalue weighted by Gasteiger charge is -2.23. The lowest BCUT2D eigenvalue weighted by atomic mass is 9.98. The highest BCUT2D eigenvalue weighted by Crippen LogP contribution is 2.40. The summed E-state index contributed by atoms with van der Waals surface area (Å²) in [6.45, 7) is 15.1. The fourth-order valence-corrected chi connectivity index (χ4v) is 4.19. The first-order chi connectivity index (χ1) is 14.6. The summed E-state index contributed by atoms with van der Waals surface area (Å²) < 4.78 is 13.0. The summed E-state index contributed by atoms with van der Waals surface area (Å²) in [4.78, 5) is 0. The van der Waals surface area contributed by atoms with Gasteiger partial charge in [-0.05, 0) is 49.7 Å². The standard InChI is InChI=1S/C28H44O2/c1-7-11-15-23(9-3)19-29-27-21(5)22(6)28(26-18-14-13-17-25(26)27)30-20-24(10-4)16-12-8-2/h13-14,17-18,23-24H,7-12,15-16,19-20H2,1-6H3. The Labute approximate surface area is 185 Å². The highest BCUT2D eigenvalue weighted by Gasteiger charge is 2.18. The quantitative estimate of drug-likeness (QED) is 0.309. The lowest BCUT2D eigenvalue weighted by Crippen LogP contribution is -2.14. The Morgan fingerprint density at radius 3 is 1.40 bits per heavy atom. The topological polar surface area (TPSA) is 18.5 Å². The largest absolute Gasteiger partial charge is 0.492 e. The molecule has 0 saturated carbocycles. The van der Waals surface area contributed by atoms with Crippen LogP contribution in [0.1, 0.15) is 90.2 Å². The van der Waals surface area contributed by atoms with Crippen molar-refractivity contribution < 1.29 is 9.47 Å². The third-order valence-electron chi connectivity index (χ3n) is 6.67. The maximum atomic E-state index is 6.48. The van der Waals surface area contributed by atoms with Gasteiger partial charge in [-0.25, -0.2) is 0 Å². The first-order valence-corrected chi connectivity index (χ1v) is 12.3. The van der Waals surface area contributed by atoms with E-state index in [1.54, 1.807) is 0 Å². The van der Waals surface area contributed by atoms with Crippen molar-refractivity contribution in [2.75, 3.05) is 13.2 Å². The van der Waals surface area contributed by atoms with E-state index in [9.17, 15) is 0 Å². The molecule has 2 rings (SSSR count). The van der Waals surface area contributed by atoms with Crippen LogP contribution in [0.3, 0.4) is 0 Å². The molecule has 0 saturated heterocycles. The van der Waals surface area contributed by atoms with E-state index in [0.717, 1.165) is 24.7 Å². The highest BCUT2D eigenvalue weighted by atomic mass is 16.5. The number of benzene rings is 2. The summed E-state index contributed by atoms with van der Waals surface area (Å²) in [5, 5.41) is 2.37. The van der Waals surface area contributed by atoms with E-state index in [2.05, 4.69) is 65.8 Å². The van der Waals surface area contributed by atoms with Crippen molar-refractivity contribution in [3.05, 3.63) is 35.4 Å². The van der Waals surface area contributed by atoms with Crippen LogP contribution in [-0.2, 0) is 0 Å². The zero-order valence-corrected chi connectivity index (χ0v) is 20.4. The van der Waals surface area contributed by atoms with Gasteiger partial charge in [-0.15, -0.1) is 0 Å². The molecule has 0 amide bonds. The van der Waals surface area contributed by atoms with Gasteiger partial charge < -0.3 is 9.47 Å². The number of hydrogen-bond donors (Lipinski definition) is 0. The smallest absolute Gasteiger partial charge is 0.130 e. The molecule has 0 radical (unpaired) electrons. The minimum Gasteiger partial charge on any atom is -0.492 e. The van der Waals surface area contributed by atoms with E-state index in [4.69, 9.17) is 9.47 Å². The third kappa shape index (κ3) is 6.40. The molecule has 168 valence electrons. The van der Waals surface area contributed by atoms with Crippen LogP contribution in [0, 0.1) is 25.7 Å². The molecule has 0 aromatic heterocycles. The number of ether oxygens (including phenoxy) is 2. The second-order valence-electron chi connectivity index (χ2n) is 8.91. The van der Waals surface area contributed by atoms with Crippen molar-refractivity contribution in [3.63, 3.8) is 0 Å². The lowest BCUT2D eigenvalue weighted by molar-refractivity contribution is 0.229. The van der Waals surface area contributed by atoms with Gasteiger partial charge in [0.1, 0.15) is 11.5 Å². The van der Waals surface area contributed by atoms with Crippen LogP contribution in [0.2, 0.25) is 0 Å². The molecule has 0 N–H and O–H groups in total. The van der Waals surface area contributed by atoms with Crippen molar-refractivity contribution in [2.24, 2.45) is 11.8 Å². The molecular formula is C28H44O2. The molecule has 0 aliphatic heterocycles. The predicted octanol–water partition coefficient (Wildman–Crippen LogP) is 8.65. The SMILES string of the molecule is CCCCC(CC)COc1c(C)c(C)c(OCC(CC)CCCC)c2ccccc12. The van der Waals surface area contributed by atoms with Gasteiger partial charge in [0.2, 0.25) is 0 Å². The highest BCUT2D eigenvalue weighted by molar-refractivity contribution is 5.95. The molecule has 2 atom stereocenters. The van der Waals surface area contributed by atoms with Gasteiger partial charge in [0.25, 0.3) is 0 Å². The van der Waals surface area contributed by atoms with Crippen molar-refractivity contribution in [2.45, 2.75) is 92.9 Å². The summed E-state index contributed by atoms with van der Waals surface area (Å²) in [6, 6.07) is 8.59. The predicted molar refractivity (Wildman–Crippen MR) is 131 cm³/mol. The van der Waals surface area contributed by atoms with Gasteiger partial charge in [-0.2, -0.15) is 0 Å². The Bertz CT molecular complexity index is 700. The Morgan fingerprint density at radius 2 is 1.07 bits per heavy atom. The monoisotopic (exact) mass is 412 g/mol. The fraction of sp³-hybridized carbons (Fsp3) is 0.643. The molecule has 0 aliphatic rings. The molecule has 0 fully saturated rings. The number of hydrogen-bond acceptors (Lipinski definition) is 2. The molecule has 2 aromatic carbocycles. The molecule has 0 aliphatic carbocycles. The van der Waals surface area contributed by atoms with Gasteiger partial charge in [0, 0.05) is 10.8 Å². The summed E-state index contributed by atoms with van der Waals surface area (Å²) in [7, 11) is 0. The number of fused-ring (bicyclic) bond motifs is 1. The molecule has 2 aromatic rings. The molecule has 0 bridgehead atoms. The molecule has 0 heterocycles. The Hall–Kier alpha value is -1.70. The summed E-state index contributed by atoms with van der Waals surface area (Å²) in [5.74, 6) is 3.35. The summed E-state index contributed by atoms with van der Waals surface area (Å²) in [5.41, 5.74) is 2.44. The zero-order valence-electron chi connectivity index (χ0n) is 20.4. The minimum atomic E-state index is 0.628. The van der Waals surface area contributed by atoms with E-state index in [0.29, 0.717) is 11.8 Å². The molecule has 2 unspecified atom stereocenters. The van der Waals surface area contributed by atoms with Crippen LogP contribution in [0.15, 0.2) is 24.3 Å². The van der Waals surface area contributed by atoms with Gasteiger partial charge >= 0.3 is 0 Å². The average molecular weight is 413 g/mol. The average Bonchev–Trinajstić information content (AvgIpc) is 2.77. The Balaban J connectivity index is 2.28. The third-order valence-corrected chi connectivity index (χ3v) is 6.67. The van der Waals surface area contributed by atoms with E-state index in [1.165, 1.54) is 73.3 Å². The van der Waals surface area contributed by atoms with Gasteiger partial charge in [-0.1, -0.05) is 90.5 Å². The van der Waals surface area contributed by atoms with Gasteiger partial charge in [0.05, 0.1) is 13.2 Å². The van der Waals surface area contributed by atoms with Crippen LogP contribution in [0.5, 0.6) is 11.5 Å². The van der Waals surface area contributed by atoms with Crippen molar-refractivity contribution in [3.8, 4) is 11.5 Å². The molecule has 2 nitrogen and oxygen atoms in total. The maximum Gasteiger partial charge on any atom is 0.130 e.